The van der Waals surface area contributed by atoms with E-state index in [0.29, 0.717) is 32.5 Å². The van der Waals surface area contributed by atoms with Crippen molar-refractivity contribution in [3.05, 3.63) is 29.8 Å². The fourth-order valence-electron chi connectivity index (χ4n) is 3.38. The first-order chi connectivity index (χ1) is 13.9. The molecule has 0 aromatic heterocycles. The average Bonchev–Trinajstić information content (AvgIpc) is 3.07. The van der Waals surface area contributed by atoms with Crippen LogP contribution in [0, 0.1) is 5.41 Å². The monoisotopic (exact) mass is 422 g/mol. The predicted molar refractivity (Wildman–Crippen MR) is 115 cm³/mol. The minimum absolute atomic E-state index is 0.0403. The molecule has 1 aromatic rings. The van der Waals surface area contributed by atoms with Crippen molar-refractivity contribution in [2.75, 3.05) is 26.2 Å². The van der Waals surface area contributed by atoms with Crippen molar-refractivity contribution in [3.8, 4) is 0 Å². The van der Waals surface area contributed by atoms with Gasteiger partial charge in [0.15, 0.2) is 0 Å². The second kappa shape index (κ2) is 11.2. The van der Waals surface area contributed by atoms with Crippen LogP contribution in [0.5, 0.6) is 0 Å². The fraction of sp³-hybridized carbons (Fsp3) is 0.619. The molecule has 1 fully saturated rings. The molecule has 2 rings (SSSR count). The molecule has 2 N–H and O–H groups in total. The third kappa shape index (κ3) is 6.45. The summed E-state index contributed by atoms with van der Waals surface area (Å²) in [4.78, 5) is 13.6. The van der Waals surface area contributed by atoms with E-state index in [9.17, 15) is 13.2 Å². The van der Waals surface area contributed by atoms with Crippen LogP contribution < -0.4 is 5.32 Å². The van der Waals surface area contributed by atoms with Crippen LogP contribution in [0.2, 0.25) is 0 Å². The van der Waals surface area contributed by atoms with Crippen LogP contribution in [0.1, 0.15) is 57.9 Å². The molecule has 1 aliphatic rings. The number of hydrogen-bond donors (Lipinski definition) is 2. The fourth-order valence-corrected chi connectivity index (χ4v) is 4.78. The molecule has 1 aromatic carbocycles. The van der Waals surface area contributed by atoms with Gasteiger partial charge in [0.25, 0.3) is 10.0 Å². The summed E-state index contributed by atoms with van der Waals surface area (Å²) in [5.41, 5.74) is 0.967. The van der Waals surface area contributed by atoms with Crippen LogP contribution in [-0.2, 0) is 21.2 Å². The van der Waals surface area contributed by atoms with E-state index in [1.54, 1.807) is 24.3 Å². The molecule has 0 aliphatic carbocycles. The maximum absolute atomic E-state index is 13.0. The number of nitrogens with one attached hydrogen (secondary N) is 2. The van der Waals surface area contributed by atoms with Gasteiger partial charge in [0.1, 0.15) is 0 Å². The van der Waals surface area contributed by atoms with Gasteiger partial charge in [-0.15, -0.1) is 0 Å². The van der Waals surface area contributed by atoms with Crippen molar-refractivity contribution in [1.29, 1.82) is 5.41 Å². The second-order valence-electron chi connectivity index (χ2n) is 7.44. The molecule has 0 bridgehead atoms. The highest BCUT2D eigenvalue weighted by Crippen LogP contribution is 2.21. The van der Waals surface area contributed by atoms with E-state index in [0.717, 1.165) is 44.2 Å². The molecule has 1 aliphatic heterocycles. The Labute approximate surface area is 175 Å². The number of carbonyl (C=O) groups excluding carboxylic acids is 1. The van der Waals surface area contributed by atoms with E-state index in [1.807, 2.05) is 11.8 Å². The topological polar surface area (TPSA) is 93.6 Å². The SMILES string of the molecule is CCCCCCN1CCN(S(=O)(=O)c2ccc(CCNC(=O)CCC)cc2)C1=N. The number of hydrogen-bond acceptors (Lipinski definition) is 4. The third-order valence-electron chi connectivity index (χ3n) is 5.11. The molecule has 8 heteroatoms. The lowest BCUT2D eigenvalue weighted by atomic mass is 10.1. The number of carbonyl (C=O) groups is 1. The first kappa shape index (κ1) is 23.2. The second-order valence-corrected chi connectivity index (χ2v) is 9.30. The summed E-state index contributed by atoms with van der Waals surface area (Å²) in [7, 11) is -3.72. The summed E-state index contributed by atoms with van der Waals surface area (Å²) in [6.07, 6.45) is 6.40. The number of rotatable bonds is 12. The summed E-state index contributed by atoms with van der Waals surface area (Å²) in [5.74, 6) is 0.114. The van der Waals surface area contributed by atoms with Gasteiger partial charge in [-0.1, -0.05) is 45.2 Å². The van der Waals surface area contributed by atoms with Crippen molar-refractivity contribution in [2.45, 2.75) is 63.7 Å². The van der Waals surface area contributed by atoms with E-state index < -0.39 is 10.0 Å². The van der Waals surface area contributed by atoms with E-state index >= 15 is 0 Å². The largest absolute Gasteiger partial charge is 0.356 e. The normalized spacial score (nSPS) is 14.5. The van der Waals surface area contributed by atoms with Crippen LogP contribution in [0.15, 0.2) is 29.2 Å². The Hall–Kier alpha value is -2.09. The van der Waals surface area contributed by atoms with Gasteiger partial charge in [-0.2, -0.15) is 0 Å². The van der Waals surface area contributed by atoms with Crippen LogP contribution >= 0.6 is 0 Å². The van der Waals surface area contributed by atoms with Crippen molar-refractivity contribution in [3.63, 3.8) is 0 Å². The third-order valence-corrected chi connectivity index (χ3v) is 6.92. The van der Waals surface area contributed by atoms with E-state index in [-0.39, 0.29) is 16.8 Å². The van der Waals surface area contributed by atoms with Gasteiger partial charge in [-0.3, -0.25) is 10.2 Å². The van der Waals surface area contributed by atoms with Crippen molar-refractivity contribution < 1.29 is 13.2 Å². The maximum Gasteiger partial charge on any atom is 0.266 e. The zero-order chi connectivity index (χ0) is 21.3. The Balaban J connectivity index is 1.92. The molecule has 0 spiro atoms. The molecule has 162 valence electrons. The number of amides is 1. The van der Waals surface area contributed by atoms with Crippen molar-refractivity contribution in [2.24, 2.45) is 0 Å². The molecule has 0 radical (unpaired) electrons. The molecule has 7 nitrogen and oxygen atoms in total. The summed E-state index contributed by atoms with van der Waals surface area (Å²) in [5, 5.41) is 11.1. The van der Waals surface area contributed by atoms with Crippen LogP contribution in [0.3, 0.4) is 0 Å². The standard InChI is InChI=1S/C21H34N4O3S/c1-3-5-6-7-15-24-16-17-25(21(24)22)29(27,28)19-11-9-18(10-12-19)13-14-23-20(26)8-4-2/h9-12,22H,3-8,13-17H2,1-2H3,(H,23,26). The molecule has 1 saturated heterocycles. The predicted octanol–water partition coefficient (Wildman–Crippen LogP) is 2.97. The first-order valence-electron chi connectivity index (χ1n) is 10.6. The smallest absolute Gasteiger partial charge is 0.266 e. The average molecular weight is 423 g/mol. The molecule has 1 heterocycles. The van der Waals surface area contributed by atoms with Gasteiger partial charge in [0.05, 0.1) is 11.4 Å². The molecular weight excluding hydrogens is 388 g/mol. The van der Waals surface area contributed by atoms with E-state index in [4.69, 9.17) is 5.41 Å². The van der Waals surface area contributed by atoms with Gasteiger partial charge in [-0.25, -0.2) is 12.7 Å². The summed E-state index contributed by atoms with van der Waals surface area (Å²) in [6.45, 7) is 6.27. The van der Waals surface area contributed by atoms with E-state index in [2.05, 4.69) is 12.2 Å². The van der Waals surface area contributed by atoms with Crippen molar-refractivity contribution in [1.82, 2.24) is 14.5 Å². The summed E-state index contributed by atoms with van der Waals surface area (Å²) >= 11 is 0. The molecular formula is C21H34N4O3S. The molecule has 0 saturated carbocycles. The highest BCUT2D eigenvalue weighted by atomic mass is 32.2. The van der Waals surface area contributed by atoms with Gasteiger partial charge in [-0.05, 0) is 37.0 Å². The van der Waals surface area contributed by atoms with Gasteiger partial charge in [0.2, 0.25) is 11.9 Å². The number of benzene rings is 1. The molecule has 0 atom stereocenters. The minimum Gasteiger partial charge on any atom is -0.356 e. The quantitative estimate of drug-likeness (QED) is 0.507. The lowest BCUT2D eigenvalue weighted by Gasteiger charge is -2.21. The Morgan fingerprint density at radius 2 is 1.79 bits per heavy atom. The van der Waals surface area contributed by atoms with Gasteiger partial charge < -0.3 is 10.2 Å². The first-order valence-corrected chi connectivity index (χ1v) is 12.1. The van der Waals surface area contributed by atoms with Crippen molar-refractivity contribution >= 4 is 21.9 Å². The number of sulfonamides is 1. The number of nitrogens with zero attached hydrogens (tertiary/aromatic N) is 2. The van der Waals surface area contributed by atoms with E-state index in [1.165, 1.54) is 4.31 Å². The lowest BCUT2D eigenvalue weighted by molar-refractivity contribution is -0.121. The summed E-state index contributed by atoms with van der Waals surface area (Å²) < 4.78 is 27.1. The highest BCUT2D eigenvalue weighted by molar-refractivity contribution is 7.89. The molecule has 29 heavy (non-hydrogen) atoms. The Kier molecular flexibility index (Phi) is 8.95. The van der Waals surface area contributed by atoms with Gasteiger partial charge >= 0.3 is 0 Å². The summed E-state index contributed by atoms with van der Waals surface area (Å²) in [6, 6.07) is 6.74. The highest BCUT2D eigenvalue weighted by Gasteiger charge is 2.34. The lowest BCUT2D eigenvalue weighted by Crippen LogP contribution is -2.37. The zero-order valence-corrected chi connectivity index (χ0v) is 18.4. The van der Waals surface area contributed by atoms with Crippen LogP contribution in [0.4, 0.5) is 0 Å². The van der Waals surface area contributed by atoms with Crippen LogP contribution in [0.25, 0.3) is 0 Å². The maximum atomic E-state index is 13.0. The molecule has 0 unspecified atom stereocenters. The van der Waals surface area contributed by atoms with Gasteiger partial charge in [0, 0.05) is 26.1 Å². The Morgan fingerprint density at radius 3 is 2.45 bits per heavy atom. The van der Waals surface area contributed by atoms with Crippen LogP contribution in [-0.4, -0.2) is 55.7 Å². The Morgan fingerprint density at radius 1 is 1.07 bits per heavy atom. The minimum atomic E-state index is -3.72. The zero-order valence-electron chi connectivity index (χ0n) is 17.6. The number of guanidine groups is 1. The number of unbranched alkanes of at least 4 members (excludes halogenated alkanes) is 3. The Bertz CT molecular complexity index is 778. The molecule has 1 amide bonds.